The van der Waals surface area contributed by atoms with E-state index in [0.29, 0.717) is 5.56 Å². The van der Waals surface area contributed by atoms with Gasteiger partial charge in [0.2, 0.25) is 0 Å². The number of methoxy groups -OCH3 is 1. The van der Waals surface area contributed by atoms with Crippen LogP contribution in [0.25, 0.3) is 0 Å². The monoisotopic (exact) mass is 323 g/mol. The van der Waals surface area contributed by atoms with Crippen molar-refractivity contribution in [2.45, 2.75) is 24.8 Å². The summed E-state index contributed by atoms with van der Waals surface area (Å²) in [5.74, 6) is -0.00449. The maximum absolute atomic E-state index is 11.6. The minimum atomic E-state index is -4.17. The molecule has 0 radical (unpaired) electrons. The molecule has 7 nitrogen and oxygen atoms in total. The molecular weight excluding hydrogens is 310 g/mol. The Morgan fingerprint density at radius 3 is 2.50 bits per heavy atom. The number of benzene rings is 1. The fourth-order valence-electron chi connectivity index (χ4n) is 1.63. The van der Waals surface area contributed by atoms with Gasteiger partial charge in [-0.2, -0.15) is 0 Å². The molecule has 1 atom stereocenters. The van der Waals surface area contributed by atoms with E-state index in [-0.39, 0.29) is 18.0 Å². The van der Waals surface area contributed by atoms with Crippen LogP contribution < -0.4 is 4.74 Å². The second kappa shape index (κ2) is 6.38. The first-order valence-corrected chi connectivity index (χ1v) is 7.87. The quantitative estimate of drug-likeness (QED) is 0.452. The van der Waals surface area contributed by atoms with Gasteiger partial charge in [0.05, 0.1) is 11.5 Å². The fourth-order valence-corrected chi connectivity index (χ4v) is 2.67. The first-order chi connectivity index (χ1) is 9.16. The molecule has 1 unspecified atom stereocenters. The zero-order valence-electron chi connectivity index (χ0n) is 11.1. The Bertz CT molecular complexity index is 616. The second-order valence-electron chi connectivity index (χ2n) is 4.17. The number of nitrogens with zero attached hydrogens (tertiary/aromatic N) is 1. The molecular formula is C11H14ClNO6S. The van der Waals surface area contributed by atoms with Gasteiger partial charge < -0.3 is 9.47 Å². The molecule has 0 aliphatic rings. The van der Waals surface area contributed by atoms with Crippen molar-refractivity contribution < 1.29 is 22.8 Å². The summed E-state index contributed by atoms with van der Waals surface area (Å²) in [4.78, 5) is 9.66. The van der Waals surface area contributed by atoms with Crippen LogP contribution in [0.1, 0.15) is 12.5 Å². The van der Waals surface area contributed by atoms with Gasteiger partial charge in [0.25, 0.3) is 14.7 Å². The lowest BCUT2D eigenvalue weighted by atomic mass is 10.2. The summed E-state index contributed by atoms with van der Waals surface area (Å²) >= 11 is 0. The lowest BCUT2D eigenvalue weighted by Gasteiger charge is -2.17. The minimum Gasteiger partial charge on any atom is -0.487 e. The topological polar surface area (TPSA) is 95.7 Å². The summed E-state index contributed by atoms with van der Waals surface area (Å²) in [7, 11) is 2.61. The fraction of sp³-hybridized carbons (Fsp3) is 0.455. The maximum atomic E-state index is 11.6. The Kier molecular flexibility index (Phi) is 5.32. The molecule has 0 saturated carbocycles. The third-order valence-electron chi connectivity index (χ3n) is 2.42. The highest BCUT2D eigenvalue weighted by atomic mass is 35.7. The lowest BCUT2D eigenvalue weighted by molar-refractivity contribution is -0.385. The van der Waals surface area contributed by atoms with Crippen molar-refractivity contribution in [2.24, 2.45) is 0 Å². The van der Waals surface area contributed by atoms with Crippen molar-refractivity contribution in [3.8, 4) is 5.75 Å². The summed E-state index contributed by atoms with van der Waals surface area (Å²) in [5.41, 5.74) is -0.0603. The number of nitro benzene ring substituents is 1. The van der Waals surface area contributed by atoms with Crippen LogP contribution in [0.4, 0.5) is 5.69 Å². The third kappa shape index (κ3) is 4.06. The van der Waals surface area contributed by atoms with Gasteiger partial charge in [-0.05, 0) is 19.4 Å². The summed E-state index contributed by atoms with van der Waals surface area (Å²) in [6.07, 6.45) is -0.433. The highest BCUT2D eigenvalue weighted by molar-refractivity contribution is 8.13. The zero-order chi connectivity index (χ0) is 15.5. The van der Waals surface area contributed by atoms with Gasteiger partial charge in [-0.25, -0.2) is 8.42 Å². The van der Waals surface area contributed by atoms with Crippen LogP contribution in [0.15, 0.2) is 17.0 Å². The van der Waals surface area contributed by atoms with E-state index >= 15 is 0 Å². The average molecular weight is 324 g/mol. The number of halogens is 1. The molecule has 0 spiro atoms. The molecule has 0 aliphatic carbocycles. The highest BCUT2D eigenvalue weighted by Crippen LogP contribution is 2.35. The Balaban J connectivity index is 3.39. The van der Waals surface area contributed by atoms with E-state index in [9.17, 15) is 18.5 Å². The number of nitro groups is 1. The normalized spacial score (nSPS) is 13.0. The molecule has 1 aromatic rings. The number of rotatable bonds is 6. The van der Waals surface area contributed by atoms with Crippen LogP contribution in [-0.2, 0) is 13.8 Å². The Morgan fingerprint density at radius 1 is 1.45 bits per heavy atom. The third-order valence-corrected chi connectivity index (χ3v) is 3.75. The first-order valence-electron chi connectivity index (χ1n) is 5.56. The number of ether oxygens (including phenoxy) is 2. The number of aryl methyl sites for hydroxylation is 1. The lowest BCUT2D eigenvalue weighted by Crippen LogP contribution is -2.19. The van der Waals surface area contributed by atoms with Crippen molar-refractivity contribution in [3.63, 3.8) is 0 Å². The molecule has 0 N–H and O–H groups in total. The molecule has 0 heterocycles. The van der Waals surface area contributed by atoms with Crippen molar-refractivity contribution in [1.29, 1.82) is 0 Å². The van der Waals surface area contributed by atoms with Gasteiger partial charge in [-0.3, -0.25) is 10.1 Å². The molecule has 0 aliphatic heterocycles. The summed E-state index contributed by atoms with van der Waals surface area (Å²) in [6, 6.07) is 2.10. The van der Waals surface area contributed by atoms with E-state index in [1.165, 1.54) is 20.1 Å². The number of hydrogen-bond donors (Lipinski definition) is 0. The maximum Gasteiger partial charge on any atom is 0.271 e. The largest absolute Gasteiger partial charge is 0.487 e. The minimum absolute atomic E-state index is 0.00449. The molecule has 9 heteroatoms. The van der Waals surface area contributed by atoms with Crippen LogP contribution in [0.2, 0.25) is 0 Å². The number of non-ortho nitro benzene ring substituents is 1. The van der Waals surface area contributed by atoms with Crippen molar-refractivity contribution in [1.82, 2.24) is 0 Å². The summed E-state index contributed by atoms with van der Waals surface area (Å²) in [6.45, 7) is 3.42. The van der Waals surface area contributed by atoms with Gasteiger partial charge >= 0.3 is 0 Å². The zero-order valence-corrected chi connectivity index (χ0v) is 12.7. The van der Waals surface area contributed by atoms with Crippen LogP contribution >= 0.6 is 10.7 Å². The molecule has 0 aromatic heterocycles. The highest BCUT2D eigenvalue weighted by Gasteiger charge is 2.25. The smallest absolute Gasteiger partial charge is 0.271 e. The van der Waals surface area contributed by atoms with Crippen molar-refractivity contribution in [2.75, 3.05) is 13.7 Å². The van der Waals surface area contributed by atoms with Gasteiger partial charge in [-0.1, -0.05) is 0 Å². The van der Waals surface area contributed by atoms with Gasteiger partial charge in [0, 0.05) is 29.9 Å². The first kappa shape index (κ1) is 16.7. The van der Waals surface area contributed by atoms with Crippen LogP contribution in [0.5, 0.6) is 5.75 Å². The molecule has 112 valence electrons. The summed E-state index contributed by atoms with van der Waals surface area (Å²) < 4.78 is 33.5. The molecule has 0 fully saturated rings. The number of hydrogen-bond acceptors (Lipinski definition) is 6. The van der Waals surface area contributed by atoms with Gasteiger partial charge in [0.1, 0.15) is 16.7 Å². The average Bonchev–Trinajstić information content (AvgIpc) is 2.29. The van der Waals surface area contributed by atoms with E-state index in [0.717, 1.165) is 6.07 Å². The predicted molar refractivity (Wildman–Crippen MR) is 72.8 cm³/mol. The van der Waals surface area contributed by atoms with Gasteiger partial charge in [-0.15, -0.1) is 0 Å². The molecule has 0 amide bonds. The molecule has 0 saturated heterocycles. The summed E-state index contributed by atoms with van der Waals surface area (Å²) in [5, 5.41) is 10.8. The SMILES string of the molecule is COCC(C)Oc1c(C)cc([N+](=O)[O-])cc1S(=O)(=O)Cl. The molecule has 1 rings (SSSR count). The Morgan fingerprint density at radius 2 is 2.05 bits per heavy atom. The van der Waals surface area contributed by atoms with Crippen LogP contribution in [0, 0.1) is 17.0 Å². The second-order valence-corrected chi connectivity index (χ2v) is 6.70. The van der Waals surface area contributed by atoms with E-state index < -0.39 is 25.0 Å². The van der Waals surface area contributed by atoms with Crippen molar-refractivity contribution >= 4 is 25.4 Å². The van der Waals surface area contributed by atoms with E-state index in [1.807, 2.05) is 0 Å². The molecule has 1 aromatic carbocycles. The standard InChI is InChI=1S/C11H14ClNO6S/c1-7-4-9(13(14)15)5-10(20(12,16)17)11(7)19-8(2)6-18-3/h4-5,8H,6H2,1-3H3. The van der Waals surface area contributed by atoms with E-state index in [2.05, 4.69) is 0 Å². The van der Waals surface area contributed by atoms with E-state index in [1.54, 1.807) is 6.92 Å². The molecule has 20 heavy (non-hydrogen) atoms. The van der Waals surface area contributed by atoms with Gasteiger partial charge in [0.15, 0.2) is 0 Å². The predicted octanol–water partition coefficient (Wildman–Crippen LogP) is 2.24. The Hall–Kier alpha value is -1.38. The van der Waals surface area contributed by atoms with E-state index in [4.69, 9.17) is 20.2 Å². The Labute approximate surface area is 121 Å². The van der Waals surface area contributed by atoms with Crippen molar-refractivity contribution in [3.05, 3.63) is 27.8 Å². The van der Waals surface area contributed by atoms with Crippen LogP contribution in [-0.4, -0.2) is 33.2 Å². The van der Waals surface area contributed by atoms with Crippen LogP contribution in [0.3, 0.4) is 0 Å². The molecule has 0 bridgehead atoms.